The number of nitrogens with one attached hydrogen (secondary N) is 16. The number of carbonyl (C=O) groups is 18. The zero-order valence-corrected chi connectivity index (χ0v) is 74.3. The molecule has 0 aromatic heterocycles. The first-order valence-electron chi connectivity index (χ1n) is 43.2. The van der Waals surface area contributed by atoms with Gasteiger partial charge in [0.15, 0.2) is 5.96 Å². The van der Waals surface area contributed by atoms with Gasteiger partial charge < -0.3 is 144 Å². The van der Waals surface area contributed by atoms with Crippen molar-refractivity contribution in [1.82, 2.24) is 79.8 Å². The number of benzene rings is 4. The van der Waals surface area contributed by atoms with E-state index in [-0.39, 0.29) is 126 Å². The van der Waals surface area contributed by atoms with Crippen molar-refractivity contribution in [3.63, 3.8) is 0 Å². The third-order valence-corrected chi connectivity index (χ3v) is 20.6. The summed E-state index contributed by atoms with van der Waals surface area (Å²) in [5.41, 5.74) is 24.8. The van der Waals surface area contributed by atoms with E-state index in [2.05, 4.69) is 79.8 Å². The van der Waals surface area contributed by atoms with Gasteiger partial charge in [-0.05, 0) is 142 Å². The summed E-state index contributed by atoms with van der Waals surface area (Å²) in [6.45, 7) is 3.28. The quantitative estimate of drug-likeness (QED) is 0.0111. The second kappa shape index (κ2) is 58.6. The van der Waals surface area contributed by atoms with Gasteiger partial charge in [-0.3, -0.25) is 86.9 Å². The fraction of sp³-hybridized carbons (Fsp3) is 0.506. The Hall–Kier alpha value is -14.0. The fourth-order valence-corrected chi connectivity index (χ4v) is 13.4. The van der Waals surface area contributed by atoms with Gasteiger partial charge >= 0.3 is 23.9 Å². The van der Waals surface area contributed by atoms with Gasteiger partial charge in [0.1, 0.15) is 90.0 Å². The van der Waals surface area contributed by atoms with E-state index in [4.69, 9.17) is 28.3 Å². The van der Waals surface area contributed by atoms with Gasteiger partial charge in [-0.25, -0.2) is 4.79 Å². The number of phenolic OH excluding ortho intramolecular Hbond substituents is 2. The molecule has 0 radical (unpaired) electrons. The van der Waals surface area contributed by atoms with E-state index in [0.29, 0.717) is 16.7 Å². The Bertz CT molecular complexity index is 4560. The lowest BCUT2D eigenvalue weighted by Crippen LogP contribution is -2.61. The predicted molar refractivity (Wildman–Crippen MR) is 477 cm³/mol. The molecule has 46 heteroatoms. The molecular formula is C87H126N20O26. The Balaban J connectivity index is 1.61. The van der Waals surface area contributed by atoms with Gasteiger partial charge in [-0.2, -0.15) is 0 Å². The molecule has 4 rings (SSSR count). The van der Waals surface area contributed by atoms with Crippen LogP contribution in [0.4, 0.5) is 0 Å². The van der Waals surface area contributed by atoms with Crippen LogP contribution in [-0.4, -0.2) is 277 Å². The van der Waals surface area contributed by atoms with Crippen molar-refractivity contribution in [3.8, 4) is 11.5 Å². The SMILES string of the molecule is CC(C)C[C@H](N)C(=O)N[C@@H](CCCNC(=N)N)C(=O)N[C@@H](Cc1ccc(O)cc1)C(=O)N[C@@H](Cc1ccccc1)C(=O)N[C@@H](Cc1ccccc1)C(=O)N[C@@H](Cc1ccc(O)cc1)C(=O)N[C@@H](CO)C(=O)N[C@@H](CO)C(=O)NCC(=O)N[C@@H](CCC(=O)O)C(=O)N[C@@H](CCCCN)C(=O)N[C@@H](CCCCN)C(=O)N[C@@H](CC(=O)O)C(=O)N[C@@H](CCC(=O)O)C(=O)N[C@H](C(=O)O)C(C)C. The minimum Gasteiger partial charge on any atom is -0.508 e. The van der Waals surface area contributed by atoms with E-state index < -0.39 is 255 Å². The predicted octanol–water partition coefficient (Wildman–Crippen LogP) is -5.39. The number of guanidine groups is 1. The summed E-state index contributed by atoms with van der Waals surface area (Å²) < 4.78 is 0. The smallest absolute Gasteiger partial charge is 0.326 e. The summed E-state index contributed by atoms with van der Waals surface area (Å²) in [5, 5.41) is 124. The average molecular weight is 1870 g/mol. The highest BCUT2D eigenvalue weighted by atomic mass is 16.4. The number of hydrogen-bond donors (Lipinski definition) is 28. The van der Waals surface area contributed by atoms with Crippen LogP contribution in [0.5, 0.6) is 11.5 Å². The number of amides is 14. The largest absolute Gasteiger partial charge is 0.508 e. The number of carboxylic acids is 4. The van der Waals surface area contributed by atoms with Crippen molar-refractivity contribution in [1.29, 1.82) is 5.41 Å². The van der Waals surface area contributed by atoms with Gasteiger partial charge in [-0.1, -0.05) is 113 Å². The van der Waals surface area contributed by atoms with Crippen LogP contribution in [0, 0.1) is 17.2 Å². The van der Waals surface area contributed by atoms with E-state index in [9.17, 15) is 113 Å². The molecular weight excluding hydrogens is 1740 g/mol. The molecule has 133 heavy (non-hydrogen) atoms. The molecule has 0 aliphatic rings. The van der Waals surface area contributed by atoms with Crippen LogP contribution >= 0.6 is 0 Å². The lowest BCUT2D eigenvalue weighted by Gasteiger charge is -2.28. The first kappa shape index (κ1) is 111. The number of unbranched alkanes of at least 4 members (excludes halogenated alkanes) is 2. The molecule has 0 fully saturated rings. The van der Waals surface area contributed by atoms with Crippen LogP contribution in [0.15, 0.2) is 109 Å². The number of aliphatic hydroxyl groups is 2. The zero-order chi connectivity index (χ0) is 99.0. The van der Waals surface area contributed by atoms with Crippen molar-refractivity contribution in [2.75, 3.05) is 39.4 Å². The van der Waals surface area contributed by atoms with Crippen LogP contribution in [-0.2, 0) is 112 Å². The topological polar surface area (TPSA) is 777 Å². The minimum absolute atomic E-state index is 0.0154. The van der Waals surface area contributed by atoms with Crippen LogP contribution in [0.25, 0.3) is 0 Å². The number of hydrogen-bond acceptors (Lipinski definition) is 26. The lowest BCUT2D eigenvalue weighted by atomic mass is 10.00. The molecule has 14 amide bonds. The maximum atomic E-state index is 15.2. The Labute approximate surface area is 766 Å². The molecule has 0 heterocycles. The molecule has 0 spiro atoms. The van der Waals surface area contributed by atoms with Gasteiger partial charge in [0, 0.05) is 45.1 Å². The van der Waals surface area contributed by atoms with Crippen LogP contribution in [0.2, 0.25) is 0 Å². The number of phenols is 2. The minimum atomic E-state index is -2.05. The van der Waals surface area contributed by atoms with Crippen molar-refractivity contribution in [3.05, 3.63) is 131 Å². The van der Waals surface area contributed by atoms with E-state index in [1.807, 2.05) is 13.8 Å². The van der Waals surface area contributed by atoms with E-state index in [1.54, 1.807) is 60.7 Å². The Morgan fingerprint density at radius 2 is 0.654 bits per heavy atom. The van der Waals surface area contributed by atoms with E-state index in [0.717, 1.165) is 0 Å². The molecule has 0 aliphatic heterocycles. The van der Waals surface area contributed by atoms with Gasteiger partial charge in [0.25, 0.3) is 0 Å². The third kappa shape index (κ3) is 42.2. The summed E-state index contributed by atoms with van der Waals surface area (Å²) in [4.78, 5) is 247. The van der Waals surface area contributed by atoms with Crippen molar-refractivity contribution < 1.29 is 127 Å². The molecule has 0 saturated carbocycles. The van der Waals surface area contributed by atoms with Crippen LogP contribution in [0.1, 0.15) is 140 Å². The number of carboxylic acid groups (broad SMARTS) is 4. The molecule has 0 saturated heterocycles. The average Bonchev–Trinajstić information content (AvgIpc) is 0.829. The molecule has 14 atom stereocenters. The monoisotopic (exact) mass is 1870 g/mol. The highest BCUT2D eigenvalue weighted by Crippen LogP contribution is 2.18. The zero-order valence-electron chi connectivity index (χ0n) is 74.3. The van der Waals surface area contributed by atoms with Crippen molar-refractivity contribution >= 4 is 113 Å². The molecule has 0 unspecified atom stereocenters. The molecule has 32 N–H and O–H groups in total. The highest BCUT2D eigenvalue weighted by Gasteiger charge is 2.39. The second-order valence-corrected chi connectivity index (χ2v) is 32.3. The standard InChI is InChI=1S/C87H126N20O26/c1-47(2)38-55(90)73(119)96-58(22-15-37-93-87(91)92)77(123)100-63(41-51-23-27-53(110)28-24-51)82(128)102-61(39-49-16-7-5-8-17-49)80(126)101-62(40-50-18-9-6-10-19-50)81(127)103-64(42-52-25-29-54(111)30-26-52)83(129)106-67(46-109)85(131)105-66(45-108)74(120)94-44-68(112)95-59(31-33-69(113)114)78(124)98-56(20-11-13-35-88)75(121)97-57(21-12-14-36-89)76(122)104-65(43-71(117)118)84(130)99-60(32-34-70(115)116)79(125)107-72(48(3)4)86(132)133/h5-10,16-19,23-30,47-48,55-67,72,108-111H,11-15,20-22,31-46,88-90H2,1-4H3,(H,94,120)(H,95,112)(H,96,119)(H,97,121)(H,98,124)(H,99,130)(H,100,123)(H,101,126)(H,102,128)(H,103,127)(H,104,122)(H,105,131)(H,106,129)(H,107,125)(H,113,114)(H,115,116)(H,117,118)(H,132,133)(H4,91,92,93)/t55-,56-,57-,58-,59-,60-,61-,62-,63-,64-,65-,66-,67-,72-/m0/s1. The summed E-state index contributed by atoms with van der Waals surface area (Å²) in [7, 11) is 0. The Morgan fingerprint density at radius 3 is 1.00 bits per heavy atom. The Morgan fingerprint density at radius 1 is 0.346 bits per heavy atom. The molecule has 0 aliphatic carbocycles. The highest BCUT2D eigenvalue weighted by molar-refractivity contribution is 6.01. The summed E-state index contributed by atoms with van der Waals surface area (Å²) in [6, 6.07) is 4.04. The van der Waals surface area contributed by atoms with Gasteiger partial charge in [-0.15, -0.1) is 0 Å². The third-order valence-electron chi connectivity index (χ3n) is 20.6. The Kier molecular flexibility index (Phi) is 49.1. The lowest BCUT2D eigenvalue weighted by molar-refractivity contribution is -0.144. The van der Waals surface area contributed by atoms with Gasteiger partial charge in [0.2, 0.25) is 82.7 Å². The fourth-order valence-electron chi connectivity index (χ4n) is 13.4. The van der Waals surface area contributed by atoms with Gasteiger partial charge in [0.05, 0.1) is 32.2 Å². The number of rotatable bonds is 62. The molecule has 4 aromatic carbocycles. The maximum absolute atomic E-state index is 15.2. The molecule has 0 bridgehead atoms. The molecule has 4 aromatic rings. The van der Waals surface area contributed by atoms with E-state index in [1.165, 1.54) is 62.4 Å². The molecule has 46 nitrogen and oxygen atoms in total. The number of nitrogens with two attached hydrogens (primary N) is 4. The van der Waals surface area contributed by atoms with Crippen LogP contribution in [0.3, 0.4) is 0 Å². The van der Waals surface area contributed by atoms with Crippen molar-refractivity contribution in [2.24, 2.45) is 34.8 Å². The second-order valence-electron chi connectivity index (χ2n) is 32.3. The first-order chi connectivity index (χ1) is 63.0. The van der Waals surface area contributed by atoms with Crippen LogP contribution < -0.4 is 103 Å². The van der Waals surface area contributed by atoms with Crippen molar-refractivity contribution in [2.45, 2.75) is 228 Å². The maximum Gasteiger partial charge on any atom is 0.326 e. The molecule has 730 valence electrons. The number of aromatic hydroxyl groups is 2. The number of aliphatic hydroxyl groups excluding tert-OH is 2. The number of aliphatic carboxylic acids is 4. The summed E-state index contributed by atoms with van der Waals surface area (Å²) in [5.74, 6) is -23.1. The number of carbonyl (C=O) groups excluding carboxylic acids is 14. The van der Waals surface area contributed by atoms with E-state index >= 15 is 14.4 Å². The summed E-state index contributed by atoms with van der Waals surface area (Å²) >= 11 is 0. The first-order valence-corrected chi connectivity index (χ1v) is 43.2. The summed E-state index contributed by atoms with van der Waals surface area (Å²) in [6.07, 6.45) is -4.71. The normalized spacial score (nSPS) is 14.2.